The van der Waals surface area contributed by atoms with Crippen LogP contribution < -0.4 is 10.6 Å². The molecule has 8 heteroatoms. The zero-order chi connectivity index (χ0) is 19.0. The van der Waals surface area contributed by atoms with Crippen LogP contribution in [0, 0.1) is 5.82 Å². The van der Waals surface area contributed by atoms with Crippen LogP contribution in [0.5, 0.6) is 0 Å². The Balaban J connectivity index is 1.88. The summed E-state index contributed by atoms with van der Waals surface area (Å²) in [6.45, 7) is 0. The van der Waals surface area contributed by atoms with Crippen molar-refractivity contribution in [3.63, 3.8) is 0 Å². The number of nitrogen functional groups attached to an aromatic ring is 1. The quantitative estimate of drug-likeness (QED) is 0.490. The average Bonchev–Trinajstić information content (AvgIpc) is 3.07. The zero-order valence-electron chi connectivity index (χ0n) is 14.4. The van der Waals surface area contributed by atoms with E-state index in [1.807, 2.05) is 30.1 Å². The van der Waals surface area contributed by atoms with E-state index in [1.165, 1.54) is 23.5 Å². The molecule has 0 aliphatic carbocycles. The minimum absolute atomic E-state index is 0.284. The fourth-order valence-electron chi connectivity index (χ4n) is 2.78. The van der Waals surface area contributed by atoms with Crippen LogP contribution in [0.3, 0.4) is 0 Å². The lowest BCUT2D eigenvalue weighted by Gasteiger charge is -2.19. The van der Waals surface area contributed by atoms with Crippen molar-refractivity contribution in [1.29, 1.82) is 0 Å². The first-order valence-electron chi connectivity index (χ1n) is 8.13. The molecule has 0 radical (unpaired) electrons. The molecule has 1 aromatic carbocycles. The lowest BCUT2D eigenvalue weighted by atomic mass is 10.1. The highest BCUT2D eigenvalue weighted by atomic mass is 35.5. The normalized spacial score (nSPS) is 11.1. The van der Waals surface area contributed by atoms with Gasteiger partial charge in [-0.3, -0.25) is 4.98 Å². The molecule has 27 heavy (non-hydrogen) atoms. The Morgan fingerprint density at radius 3 is 2.67 bits per heavy atom. The van der Waals surface area contributed by atoms with E-state index in [2.05, 4.69) is 15.0 Å². The van der Waals surface area contributed by atoms with E-state index < -0.39 is 0 Å². The smallest absolute Gasteiger partial charge is 0.182 e. The van der Waals surface area contributed by atoms with Gasteiger partial charge in [-0.15, -0.1) is 11.6 Å². The Hall–Kier alpha value is -2.77. The zero-order valence-corrected chi connectivity index (χ0v) is 15.9. The summed E-state index contributed by atoms with van der Waals surface area (Å²) in [5.41, 5.74) is 9.97. The number of fused-ring (bicyclic) bond motifs is 1. The van der Waals surface area contributed by atoms with Gasteiger partial charge in [0.2, 0.25) is 0 Å². The van der Waals surface area contributed by atoms with Crippen LogP contribution in [-0.2, 0) is 5.88 Å². The molecule has 4 rings (SSSR count). The summed E-state index contributed by atoms with van der Waals surface area (Å²) in [5, 5.41) is 0.439. The van der Waals surface area contributed by atoms with Crippen molar-refractivity contribution in [3.05, 3.63) is 60.0 Å². The SMILES string of the molecule is CN(c1ccc(F)cc1)c1cc(-c2cc(CCl)ccn2)c2nc(N)sc2n1. The number of alkyl halides is 1. The van der Waals surface area contributed by atoms with Gasteiger partial charge in [-0.2, -0.15) is 0 Å². The minimum atomic E-state index is -0.284. The van der Waals surface area contributed by atoms with Crippen LogP contribution in [0.25, 0.3) is 21.6 Å². The predicted molar refractivity (Wildman–Crippen MR) is 109 cm³/mol. The van der Waals surface area contributed by atoms with Gasteiger partial charge >= 0.3 is 0 Å². The molecule has 0 fully saturated rings. The van der Waals surface area contributed by atoms with E-state index in [-0.39, 0.29) is 5.82 Å². The van der Waals surface area contributed by atoms with Gasteiger partial charge in [-0.25, -0.2) is 14.4 Å². The molecular formula is C19H15ClFN5S. The van der Waals surface area contributed by atoms with Crippen LogP contribution >= 0.6 is 22.9 Å². The van der Waals surface area contributed by atoms with Gasteiger partial charge in [0.1, 0.15) is 22.0 Å². The molecular weight excluding hydrogens is 385 g/mol. The highest BCUT2D eigenvalue weighted by Gasteiger charge is 2.16. The summed E-state index contributed by atoms with van der Waals surface area (Å²) in [7, 11) is 1.87. The molecule has 136 valence electrons. The number of benzene rings is 1. The second kappa shape index (κ2) is 7.09. The molecule has 3 aromatic heterocycles. The van der Waals surface area contributed by atoms with Crippen LogP contribution in [0.2, 0.25) is 0 Å². The number of rotatable bonds is 4. The lowest BCUT2D eigenvalue weighted by molar-refractivity contribution is 0.628. The number of halogens is 2. The molecule has 0 unspecified atom stereocenters. The van der Waals surface area contributed by atoms with E-state index in [0.717, 1.165) is 22.5 Å². The Kier molecular flexibility index (Phi) is 4.63. The molecule has 2 N–H and O–H groups in total. The molecule has 0 aliphatic rings. The topological polar surface area (TPSA) is 67.9 Å². The fraction of sp³-hybridized carbons (Fsp3) is 0.105. The van der Waals surface area contributed by atoms with E-state index in [9.17, 15) is 4.39 Å². The number of hydrogen-bond donors (Lipinski definition) is 1. The summed E-state index contributed by atoms with van der Waals surface area (Å²) < 4.78 is 13.2. The van der Waals surface area contributed by atoms with Crippen molar-refractivity contribution in [3.8, 4) is 11.3 Å². The molecule has 3 heterocycles. The van der Waals surface area contributed by atoms with E-state index in [0.29, 0.717) is 27.2 Å². The molecule has 4 aromatic rings. The lowest BCUT2D eigenvalue weighted by Crippen LogP contribution is -2.11. The Morgan fingerprint density at radius 1 is 1.15 bits per heavy atom. The van der Waals surface area contributed by atoms with Gasteiger partial charge in [-0.1, -0.05) is 11.3 Å². The van der Waals surface area contributed by atoms with Gasteiger partial charge in [0.25, 0.3) is 0 Å². The third-order valence-electron chi connectivity index (χ3n) is 4.18. The Labute approximate surface area is 164 Å². The maximum atomic E-state index is 13.2. The first kappa shape index (κ1) is 17.6. The Morgan fingerprint density at radius 2 is 1.93 bits per heavy atom. The third-order valence-corrected chi connectivity index (χ3v) is 5.27. The summed E-state index contributed by atoms with van der Waals surface area (Å²) in [5.74, 6) is 0.796. The van der Waals surface area contributed by atoms with Crippen molar-refractivity contribution in [2.24, 2.45) is 0 Å². The number of nitrogens with zero attached hydrogens (tertiary/aromatic N) is 4. The molecule has 0 saturated carbocycles. The summed E-state index contributed by atoms with van der Waals surface area (Å²) in [6.07, 6.45) is 1.72. The van der Waals surface area contributed by atoms with Crippen molar-refractivity contribution in [2.75, 3.05) is 17.7 Å². The molecule has 0 saturated heterocycles. The molecule has 5 nitrogen and oxygen atoms in total. The third kappa shape index (κ3) is 3.43. The average molecular weight is 400 g/mol. The number of aromatic nitrogens is 3. The number of anilines is 3. The molecule has 0 bridgehead atoms. The van der Waals surface area contributed by atoms with Gasteiger partial charge in [-0.05, 0) is 48.0 Å². The van der Waals surface area contributed by atoms with Crippen molar-refractivity contribution >= 4 is 49.9 Å². The highest BCUT2D eigenvalue weighted by Crippen LogP contribution is 2.35. The van der Waals surface area contributed by atoms with Crippen LogP contribution in [-0.4, -0.2) is 22.0 Å². The minimum Gasteiger partial charge on any atom is -0.375 e. The summed E-state index contributed by atoms with van der Waals surface area (Å²) >= 11 is 7.29. The van der Waals surface area contributed by atoms with E-state index >= 15 is 0 Å². The first-order valence-corrected chi connectivity index (χ1v) is 9.48. The monoisotopic (exact) mass is 399 g/mol. The number of thiazole rings is 1. The summed E-state index contributed by atoms with van der Waals surface area (Å²) in [6, 6.07) is 11.9. The van der Waals surface area contributed by atoms with Gasteiger partial charge in [0.05, 0.1) is 5.69 Å². The molecule has 0 atom stereocenters. The fourth-order valence-corrected chi connectivity index (χ4v) is 3.67. The second-order valence-electron chi connectivity index (χ2n) is 5.95. The number of pyridine rings is 2. The van der Waals surface area contributed by atoms with Crippen molar-refractivity contribution in [1.82, 2.24) is 15.0 Å². The van der Waals surface area contributed by atoms with Crippen molar-refractivity contribution < 1.29 is 4.39 Å². The predicted octanol–water partition coefficient (Wildman–Crippen LogP) is 4.98. The maximum absolute atomic E-state index is 13.2. The van der Waals surface area contributed by atoms with E-state index in [4.69, 9.17) is 17.3 Å². The van der Waals surface area contributed by atoms with E-state index in [1.54, 1.807) is 18.3 Å². The number of nitrogens with two attached hydrogens (primary N) is 1. The first-order chi connectivity index (χ1) is 13.0. The second-order valence-corrected chi connectivity index (χ2v) is 7.23. The van der Waals surface area contributed by atoms with Gasteiger partial charge in [0.15, 0.2) is 5.13 Å². The van der Waals surface area contributed by atoms with Gasteiger partial charge in [0, 0.05) is 30.4 Å². The molecule has 0 amide bonds. The molecule has 0 aliphatic heterocycles. The van der Waals surface area contributed by atoms with Crippen LogP contribution in [0.1, 0.15) is 5.56 Å². The standard InChI is InChI=1S/C19H15ClFN5S/c1-26(13-4-2-12(21)3-5-13)16-9-14(15-8-11(10-20)6-7-23-15)17-18(24-16)27-19(22)25-17/h2-9H,10H2,1H3,(H2,22,25). The molecule has 0 spiro atoms. The summed E-state index contributed by atoms with van der Waals surface area (Å²) in [4.78, 5) is 16.2. The Bertz CT molecular complexity index is 1110. The van der Waals surface area contributed by atoms with Crippen molar-refractivity contribution in [2.45, 2.75) is 5.88 Å². The number of hydrogen-bond acceptors (Lipinski definition) is 6. The highest BCUT2D eigenvalue weighted by molar-refractivity contribution is 7.21. The largest absolute Gasteiger partial charge is 0.375 e. The van der Waals surface area contributed by atoms with Crippen LogP contribution in [0.15, 0.2) is 48.7 Å². The van der Waals surface area contributed by atoms with Gasteiger partial charge < -0.3 is 10.6 Å². The van der Waals surface area contributed by atoms with Crippen LogP contribution in [0.4, 0.5) is 21.0 Å². The maximum Gasteiger partial charge on any atom is 0.182 e.